The van der Waals surface area contributed by atoms with Crippen LogP contribution < -0.4 is 4.90 Å². The van der Waals surface area contributed by atoms with Gasteiger partial charge in [-0.15, -0.1) is 0 Å². The molecular weight excluding hydrogens is 421 g/mol. The van der Waals surface area contributed by atoms with Crippen molar-refractivity contribution in [2.45, 2.75) is 13.1 Å². The van der Waals surface area contributed by atoms with Crippen LogP contribution in [0.15, 0.2) is 78.9 Å². The van der Waals surface area contributed by atoms with Gasteiger partial charge in [-0.3, -0.25) is 9.69 Å². The second-order valence-corrected chi connectivity index (χ2v) is 7.89. The van der Waals surface area contributed by atoms with Gasteiger partial charge in [0.2, 0.25) is 0 Å². The van der Waals surface area contributed by atoms with E-state index in [1.807, 2.05) is 55.5 Å². The molecule has 0 N–H and O–H groups in total. The Morgan fingerprint density at radius 3 is 2.48 bits per heavy atom. The third-order valence-electron chi connectivity index (χ3n) is 4.68. The van der Waals surface area contributed by atoms with E-state index in [0.29, 0.717) is 10.8 Å². The number of carbonyl (C=O) groups is 1. The van der Waals surface area contributed by atoms with Gasteiger partial charge in [0.25, 0.3) is 5.91 Å². The average Bonchev–Trinajstić information content (AvgIpc) is 3.17. The molecule has 0 saturated heterocycles. The van der Waals surface area contributed by atoms with Gasteiger partial charge in [-0.1, -0.05) is 53.8 Å². The van der Waals surface area contributed by atoms with Gasteiger partial charge in [0, 0.05) is 6.08 Å². The number of hydrogen-bond donors (Lipinski definition) is 0. The maximum absolute atomic E-state index is 13.2. The average molecular weight is 438 g/mol. The first-order valence-corrected chi connectivity index (χ1v) is 10.3. The molecule has 0 aliphatic carbocycles. The Hall–Kier alpha value is -3.45. The number of thiazole rings is 1. The zero-order chi connectivity index (χ0) is 22.0. The molecule has 4 rings (SSSR count). The zero-order valence-electron chi connectivity index (χ0n) is 16.4. The first kappa shape index (κ1) is 20.8. The maximum atomic E-state index is 13.2. The van der Waals surface area contributed by atoms with E-state index in [0.717, 1.165) is 27.9 Å². The van der Waals surface area contributed by atoms with Crippen LogP contribution in [0.5, 0.6) is 0 Å². The van der Waals surface area contributed by atoms with Gasteiger partial charge < -0.3 is 0 Å². The van der Waals surface area contributed by atoms with Gasteiger partial charge >= 0.3 is 6.18 Å². The molecule has 0 saturated carbocycles. The second-order valence-electron chi connectivity index (χ2n) is 6.88. The molecule has 7 heteroatoms. The van der Waals surface area contributed by atoms with Crippen molar-refractivity contribution in [2.24, 2.45) is 0 Å². The van der Waals surface area contributed by atoms with Crippen LogP contribution in [-0.2, 0) is 11.0 Å². The first-order valence-electron chi connectivity index (χ1n) is 9.43. The largest absolute Gasteiger partial charge is 0.416 e. The van der Waals surface area contributed by atoms with E-state index in [1.54, 1.807) is 0 Å². The number of aryl methyl sites for hydroxylation is 1. The predicted molar refractivity (Wildman–Crippen MR) is 118 cm³/mol. The van der Waals surface area contributed by atoms with Crippen molar-refractivity contribution in [3.05, 3.63) is 95.6 Å². The van der Waals surface area contributed by atoms with Crippen molar-refractivity contribution in [3.63, 3.8) is 0 Å². The Morgan fingerprint density at radius 1 is 1.00 bits per heavy atom. The van der Waals surface area contributed by atoms with Crippen LogP contribution in [0.2, 0.25) is 0 Å². The fourth-order valence-corrected chi connectivity index (χ4v) is 4.13. The van der Waals surface area contributed by atoms with Crippen molar-refractivity contribution in [3.8, 4) is 0 Å². The minimum Gasteiger partial charge on any atom is -0.269 e. The summed E-state index contributed by atoms with van der Waals surface area (Å²) in [7, 11) is 0. The van der Waals surface area contributed by atoms with E-state index in [9.17, 15) is 18.0 Å². The molecule has 1 heterocycles. The highest BCUT2D eigenvalue weighted by molar-refractivity contribution is 7.22. The van der Waals surface area contributed by atoms with Gasteiger partial charge in [-0.2, -0.15) is 13.2 Å². The van der Waals surface area contributed by atoms with Crippen LogP contribution >= 0.6 is 11.3 Å². The van der Waals surface area contributed by atoms with E-state index in [4.69, 9.17) is 0 Å². The van der Waals surface area contributed by atoms with Crippen LogP contribution in [0.3, 0.4) is 0 Å². The number of aromatic nitrogens is 1. The van der Waals surface area contributed by atoms with Crippen LogP contribution in [0, 0.1) is 6.92 Å². The third-order valence-corrected chi connectivity index (χ3v) is 5.70. The molecule has 0 atom stereocenters. The Labute approximate surface area is 181 Å². The molecule has 3 nitrogen and oxygen atoms in total. The number of rotatable bonds is 4. The molecular formula is C24H17F3N2OS. The van der Waals surface area contributed by atoms with E-state index >= 15 is 0 Å². The molecule has 0 spiro atoms. The lowest BCUT2D eigenvalue weighted by molar-refractivity contribution is -0.137. The molecule has 3 aromatic carbocycles. The number of amides is 1. The standard InChI is InChI=1S/C24H17F3N2OS/c1-16-7-2-4-11-20(16)29(23-28-19-10-3-5-12-21(19)31-23)22(30)14-13-17-8-6-9-18(15-17)24(25,26)27/h2-15H,1H3/b14-13+. The molecule has 0 aliphatic heterocycles. The zero-order valence-corrected chi connectivity index (χ0v) is 17.2. The Balaban J connectivity index is 1.73. The summed E-state index contributed by atoms with van der Waals surface area (Å²) in [5.41, 5.74) is 1.85. The summed E-state index contributed by atoms with van der Waals surface area (Å²) in [5, 5.41) is 0.495. The van der Waals surface area contributed by atoms with Crippen molar-refractivity contribution in [2.75, 3.05) is 4.90 Å². The number of nitrogens with zero attached hydrogens (tertiary/aromatic N) is 2. The highest BCUT2D eigenvalue weighted by Gasteiger charge is 2.30. The van der Waals surface area contributed by atoms with Gasteiger partial charge in [0.05, 0.1) is 21.5 Å². The highest BCUT2D eigenvalue weighted by atomic mass is 32.1. The molecule has 0 bridgehead atoms. The Morgan fingerprint density at radius 2 is 1.74 bits per heavy atom. The van der Waals surface area contributed by atoms with Crippen LogP contribution in [-0.4, -0.2) is 10.9 Å². The number of halogens is 3. The number of fused-ring (bicyclic) bond motifs is 1. The van der Waals surface area contributed by atoms with E-state index in [1.165, 1.54) is 40.5 Å². The van der Waals surface area contributed by atoms with Gasteiger partial charge in [-0.05, 0) is 54.5 Å². The molecule has 0 radical (unpaired) electrons. The normalized spacial score (nSPS) is 11.9. The number of para-hydroxylation sites is 2. The Kier molecular flexibility index (Phi) is 5.61. The van der Waals surface area contributed by atoms with Crippen LogP contribution in [0.4, 0.5) is 24.0 Å². The quantitative estimate of drug-likeness (QED) is 0.321. The summed E-state index contributed by atoms with van der Waals surface area (Å²) >= 11 is 1.38. The number of carbonyl (C=O) groups excluding carboxylic acids is 1. The lowest BCUT2D eigenvalue weighted by Gasteiger charge is -2.20. The summed E-state index contributed by atoms with van der Waals surface area (Å²) in [6.45, 7) is 1.89. The van der Waals surface area contributed by atoms with Gasteiger partial charge in [0.1, 0.15) is 0 Å². The smallest absolute Gasteiger partial charge is 0.269 e. The van der Waals surface area contributed by atoms with Crippen molar-refractivity contribution in [1.82, 2.24) is 4.98 Å². The van der Waals surface area contributed by atoms with Crippen molar-refractivity contribution >= 4 is 44.4 Å². The molecule has 4 aromatic rings. The monoisotopic (exact) mass is 438 g/mol. The molecule has 0 unspecified atom stereocenters. The number of alkyl halides is 3. The third kappa shape index (κ3) is 4.51. The molecule has 31 heavy (non-hydrogen) atoms. The fraction of sp³-hybridized carbons (Fsp3) is 0.0833. The topological polar surface area (TPSA) is 33.2 Å². The second kappa shape index (κ2) is 8.35. The van der Waals surface area contributed by atoms with E-state index in [-0.39, 0.29) is 5.56 Å². The SMILES string of the molecule is Cc1ccccc1N(C(=O)/C=C/c1cccc(C(F)(F)F)c1)c1nc2ccccc2s1. The maximum Gasteiger partial charge on any atom is 0.416 e. The summed E-state index contributed by atoms with van der Waals surface area (Å²) in [6.07, 6.45) is -1.79. The number of anilines is 2. The van der Waals surface area contributed by atoms with Crippen LogP contribution in [0.25, 0.3) is 16.3 Å². The number of benzene rings is 3. The molecule has 1 aromatic heterocycles. The minimum atomic E-state index is -4.44. The van der Waals surface area contributed by atoms with Crippen molar-refractivity contribution in [1.29, 1.82) is 0 Å². The van der Waals surface area contributed by atoms with E-state index in [2.05, 4.69) is 4.98 Å². The fourth-order valence-electron chi connectivity index (χ4n) is 3.15. The minimum absolute atomic E-state index is 0.289. The summed E-state index contributed by atoms with van der Waals surface area (Å²) in [5.74, 6) is -0.397. The summed E-state index contributed by atoms with van der Waals surface area (Å²) in [6, 6.07) is 19.8. The van der Waals surface area contributed by atoms with Crippen molar-refractivity contribution < 1.29 is 18.0 Å². The molecule has 0 aliphatic rings. The summed E-state index contributed by atoms with van der Waals surface area (Å²) in [4.78, 5) is 19.3. The van der Waals surface area contributed by atoms with Crippen LogP contribution in [0.1, 0.15) is 16.7 Å². The lowest BCUT2D eigenvalue weighted by atomic mass is 10.1. The highest BCUT2D eigenvalue weighted by Crippen LogP contribution is 2.35. The molecule has 1 amide bonds. The first-order chi connectivity index (χ1) is 14.8. The van der Waals surface area contributed by atoms with Gasteiger partial charge in [-0.25, -0.2) is 4.98 Å². The Bertz CT molecular complexity index is 1240. The lowest BCUT2D eigenvalue weighted by Crippen LogP contribution is -2.24. The van der Waals surface area contributed by atoms with E-state index < -0.39 is 17.6 Å². The summed E-state index contributed by atoms with van der Waals surface area (Å²) < 4.78 is 39.9. The number of hydrogen-bond acceptors (Lipinski definition) is 3. The molecule has 0 fully saturated rings. The molecule has 156 valence electrons. The van der Waals surface area contributed by atoms with Gasteiger partial charge in [0.15, 0.2) is 5.13 Å². The predicted octanol–water partition coefficient (Wildman–Crippen LogP) is 7.00.